The molecule has 1 N–H and O–H groups in total. The van der Waals surface area contributed by atoms with Crippen LogP contribution in [0, 0.1) is 0 Å². The molecular formula is C18H15Cl2F2NO5. The van der Waals surface area contributed by atoms with Crippen molar-refractivity contribution >= 4 is 40.8 Å². The largest absolute Gasteiger partial charge is 0.477 e. The molecule has 1 atom stereocenters. The molecule has 2 aromatic carbocycles. The summed E-state index contributed by atoms with van der Waals surface area (Å²) in [5.74, 6) is -1.20. The molecule has 0 saturated heterocycles. The number of benzene rings is 2. The highest BCUT2D eigenvalue weighted by atomic mass is 35.5. The Labute approximate surface area is 169 Å². The van der Waals surface area contributed by atoms with Crippen LogP contribution in [0.25, 0.3) is 0 Å². The van der Waals surface area contributed by atoms with Gasteiger partial charge in [0.2, 0.25) is 0 Å². The van der Waals surface area contributed by atoms with E-state index in [1.807, 2.05) is 0 Å². The molecule has 0 radical (unpaired) electrons. The van der Waals surface area contributed by atoms with Crippen LogP contribution in [0.4, 0.5) is 14.5 Å². The Kier molecular flexibility index (Phi) is 7.83. The highest BCUT2D eigenvalue weighted by Crippen LogP contribution is 2.28. The van der Waals surface area contributed by atoms with Gasteiger partial charge in [-0.1, -0.05) is 23.2 Å². The molecule has 0 fully saturated rings. The highest BCUT2D eigenvalue weighted by Gasteiger charge is 2.19. The van der Waals surface area contributed by atoms with E-state index in [4.69, 9.17) is 32.7 Å². The number of carbonyl (C=O) groups is 2. The maximum Gasteiger partial charge on any atom is 0.387 e. The fourth-order valence-corrected chi connectivity index (χ4v) is 2.43. The first-order chi connectivity index (χ1) is 13.2. The fourth-order valence-electron chi connectivity index (χ4n) is 1.98. The van der Waals surface area contributed by atoms with E-state index in [0.717, 1.165) is 0 Å². The molecule has 2 rings (SSSR count). The summed E-state index contributed by atoms with van der Waals surface area (Å²) >= 11 is 11.7. The van der Waals surface area contributed by atoms with Gasteiger partial charge < -0.3 is 19.5 Å². The molecule has 0 aliphatic rings. The van der Waals surface area contributed by atoms with Crippen LogP contribution in [0.3, 0.4) is 0 Å². The number of hydrogen-bond donors (Lipinski definition) is 1. The number of rotatable bonds is 8. The smallest absolute Gasteiger partial charge is 0.387 e. The minimum Gasteiger partial charge on any atom is -0.477 e. The van der Waals surface area contributed by atoms with Crippen LogP contribution >= 0.6 is 23.2 Å². The van der Waals surface area contributed by atoms with Gasteiger partial charge in [-0.05, 0) is 49.4 Å². The number of carbonyl (C=O) groups excluding carboxylic acids is 2. The van der Waals surface area contributed by atoms with E-state index in [-0.39, 0.29) is 16.5 Å². The summed E-state index contributed by atoms with van der Waals surface area (Å²) in [6.07, 6.45) is -1.02. The van der Waals surface area contributed by atoms with Gasteiger partial charge in [0.05, 0.1) is 5.02 Å². The fraction of sp³-hybridized carbons (Fsp3) is 0.222. The average Bonchev–Trinajstić information content (AvgIpc) is 2.63. The number of halogens is 4. The number of amides is 1. The number of alkyl halides is 2. The molecule has 10 heteroatoms. The monoisotopic (exact) mass is 433 g/mol. The second-order valence-corrected chi connectivity index (χ2v) is 6.24. The summed E-state index contributed by atoms with van der Waals surface area (Å²) in [5.41, 5.74) is 0.319. The van der Waals surface area contributed by atoms with Crippen LogP contribution in [-0.2, 0) is 14.3 Å². The van der Waals surface area contributed by atoms with Crippen LogP contribution in [-0.4, -0.2) is 31.2 Å². The standard InChI is InChI=1S/C18H15Cl2F2NO5/c1-10(27-15-7-2-11(19)8-14(15)20)17(25)26-9-16(24)23-12-3-5-13(6-4-12)28-18(21)22/h2-8,10,18H,9H2,1H3,(H,23,24). The van der Waals surface area contributed by atoms with Crippen LogP contribution in [0.2, 0.25) is 10.0 Å². The van der Waals surface area contributed by atoms with Crippen molar-refractivity contribution in [1.82, 2.24) is 0 Å². The van der Waals surface area contributed by atoms with E-state index in [1.54, 1.807) is 6.07 Å². The van der Waals surface area contributed by atoms with E-state index in [2.05, 4.69) is 10.1 Å². The number of esters is 1. The van der Waals surface area contributed by atoms with Gasteiger partial charge in [0.1, 0.15) is 11.5 Å². The normalized spacial score (nSPS) is 11.6. The summed E-state index contributed by atoms with van der Waals surface area (Å²) in [5, 5.41) is 3.09. The van der Waals surface area contributed by atoms with E-state index in [9.17, 15) is 18.4 Å². The first-order valence-corrected chi connectivity index (χ1v) is 8.63. The molecule has 0 aromatic heterocycles. The summed E-state index contributed by atoms with van der Waals surface area (Å²) in [6.45, 7) is -2.06. The van der Waals surface area contributed by atoms with Crippen molar-refractivity contribution in [2.75, 3.05) is 11.9 Å². The number of hydrogen-bond acceptors (Lipinski definition) is 5. The summed E-state index contributed by atoms with van der Waals surface area (Å²) in [7, 11) is 0. The first kappa shape index (κ1) is 21.7. The molecule has 1 amide bonds. The minimum absolute atomic E-state index is 0.0498. The maximum absolute atomic E-state index is 12.1. The zero-order chi connectivity index (χ0) is 20.7. The molecule has 0 heterocycles. The van der Waals surface area contributed by atoms with E-state index in [0.29, 0.717) is 10.7 Å². The predicted molar refractivity (Wildman–Crippen MR) is 99.2 cm³/mol. The molecule has 2 aromatic rings. The van der Waals surface area contributed by atoms with E-state index in [1.165, 1.54) is 43.3 Å². The molecule has 150 valence electrons. The molecule has 0 aliphatic heterocycles. The lowest BCUT2D eigenvalue weighted by atomic mass is 10.3. The Balaban J connectivity index is 1.80. The molecule has 0 spiro atoms. The van der Waals surface area contributed by atoms with E-state index >= 15 is 0 Å². The van der Waals surface area contributed by atoms with Crippen molar-refractivity contribution in [3.05, 3.63) is 52.5 Å². The summed E-state index contributed by atoms with van der Waals surface area (Å²) in [4.78, 5) is 23.8. The zero-order valence-corrected chi connectivity index (χ0v) is 16.0. The van der Waals surface area contributed by atoms with Crippen molar-refractivity contribution in [3.8, 4) is 11.5 Å². The molecular weight excluding hydrogens is 419 g/mol. The van der Waals surface area contributed by atoms with Crippen LogP contribution in [0.1, 0.15) is 6.92 Å². The number of ether oxygens (including phenoxy) is 3. The van der Waals surface area contributed by atoms with Crippen molar-refractivity contribution in [1.29, 1.82) is 0 Å². The number of anilines is 1. The van der Waals surface area contributed by atoms with Gasteiger partial charge in [-0.2, -0.15) is 8.78 Å². The topological polar surface area (TPSA) is 73.9 Å². The van der Waals surface area contributed by atoms with Crippen molar-refractivity contribution in [2.24, 2.45) is 0 Å². The third kappa shape index (κ3) is 6.86. The Morgan fingerprint density at radius 2 is 1.75 bits per heavy atom. The second-order valence-electron chi connectivity index (χ2n) is 5.39. The Morgan fingerprint density at radius 1 is 1.07 bits per heavy atom. The van der Waals surface area contributed by atoms with Crippen LogP contribution in [0.5, 0.6) is 11.5 Å². The lowest BCUT2D eigenvalue weighted by Crippen LogP contribution is -2.29. The van der Waals surface area contributed by atoms with Gasteiger partial charge in [-0.3, -0.25) is 4.79 Å². The van der Waals surface area contributed by atoms with Gasteiger partial charge in [0.15, 0.2) is 12.7 Å². The quantitative estimate of drug-likeness (QED) is 0.618. The average molecular weight is 434 g/mol. The molecule has 1 unspecified atom stereocenters. The Morgan fingerprint density at radius 3 is 2.36 bits per heavy atom. The molecule has 0 aliphatic carbocycles. The van der Waals surface area contributed by atoms with Gasteiger partial charge in [0, 0.05) is 10.7 Å². The maximum atomic E-state index is 12.1. The highest BCUT2D eigenvalue weighted by molar-refractivity contribution is 6.35. The molecule has 0 bridgehead atoms. The van der Waals surface area contributed by atoms with Gasteiger partial charge in [-0.25, -0.2) is 4.79 Å². The predicted octanol–water partition coefficient (Wildman–Crippen LogP) is 4.54. The zero-order valence-electron chi connectivity index (χ0n) is 14.5. The van der Waals surface area contributed by atoms with Crippen LogP contribution in [0.15, 0.2) is 42.5 Å². The SMILES string of the molecule is CC(Oc1ccc(Cl)cc1Cl)C(=O)OCC(=O)Nc1ccc(OC(F)F)cc1. The molecule has 0 saturated carbocycles. The molecule has 6 nitrogen and oxygen atoms in total. The second kappa shape index (κ2) is 10.1. The third-order valence-corrected chi connectivity index (χ3v) is 3.77. The lowest BCUT2D eigenvalue weighted by molar-refractivity contribution is -0.153. The number of nitrogens with one attached hydrogen (secondary N) is 1. The van der Waals surface area contributed by atoms with Gasteiger partial charge in [0.25, 0.3) is 5.91 Å². The lowest BCUT2D eigenvalue weighted by Gasteiger charge is -2.15. The molecule has 28 heavy (non-hydrogen) atoms. The Bertz CT molecular complexity index is 833. The minimum atomic E-state index is -2.94. The van der Waals surface area contributed by atoms with Crippen LogP contribution < -0.4 is 14.8 Å². The summed E-state index contributed by atoms with van der Waals surface area (Å²) < 4.78 is 38.6. The van der Waals surface area contributed by atoms with Gasteiger partial charge in [-0.15, -0.1) is 0 Å². The third-order valence-electron chi connectivity index (χ3n) is 3.24. The van der Waals surface area contributed by atoms with E-state index < -0.39 is 31.2 Å². The summed E-state index contributed by atoms with van der Waals surface area (Å²) in [6, 6.07) is 9.77. The van der Waals surface area contributed by atoms with Crippen molar-refractivity contribution in [2.45, 2.75) is 19.6 Å². The van der Waals surface area contributed by atoms with Crippen molar-refractivity contribution in [3.63, 3.8) is 0 Å². The Hall–Kier alpha value is -2.58. The first-order valence-electron chi connectivity index (χ1n) is 7.87. The van der Waals surface area contributed by atoms with Crippen molar-refractivity contribution < 1.29 is 32.6 Å². The van der Waals surface area contributed by atoms with Gasteiger partial charge >= 0.3 is 12.6 Å².